The Hall–Kier alpha value is -4.22. The van der Waals surface area contributed by atoms with E-state index in [4.69, 9.17) is 10.5 Å². The topological polar surface area (TPSA) is 98.6 Å². The third-order valence-electron chi connectivity index (χ3n) is 6.11. The predicted molar refractivity (Wildman–Crippen MR) is 127 cm³/mol. The second-order valence-corrected chi connectivity index (χ2v) is 8.62. The zero-order chi connectivity index (χ0) is 26.2. The lowest BCUT2D eigenvalue weighted by Crippen LogP contribution is -2.26. The van der Waals surface area contributed by atoms with Gasteiger partial charge in [-0.15, -0.1) is 0 Å². The van der Waals surface area contributed by atoms with Crippen LogP contribution in [0, 0.1) is 5.82 Å². The molecule has 0 unspecified atom stereocenters. The van der Waals surface area contributed by atoms with Crippen molar-refractivity contribution in [2.75, 3.05) is 25.4 Å². The molecule has 0 atom stereocenters. The van der Waals surface area contributed by atoms with E-state index in [-0.39, 0.29) is 29.5 Å². The summed E-state index contributed by atoms with van der Waals surface area (Å²) in [6, 6.07) is 8.56. The number of hydrogen-bond acceptors (Lipinski definition) is 6. The molecular formula is C25H22F4N6O2. The smallest absolute Gasteiger partial charge is 0.419 e. The summed E-state index contributed by atoms with van der Waals surface area (Å²) in [5.74, 6) is -0.996. The first-order chi connectivity index (χ1) is 17.7. The number of alkyl halides is 3. The third-order valence-corrected chi connectivity index (χ3v) is 6.11. The molecule has 5 rings (SSSR count). The Morgan fingerprint density at radius 1 is 1.05 bits per heavy atom. The van der Waals surface area contributed by atoms with Crippen molar-refractivity contribution in [2.24, 2.45) is 0 Å². The van der Waals surface area contributed by atoms with Crippen molar-refractivity contribution in [3.8, 4) is 28.3 Å². The zero-order valence-electron chi connectivity index (χ0n) is 19.5. The largest absolute Gasteiger partial charge is 0.490 e. The summed E-state index contributed by atoms with van der Waals surface area (Å²) < 4.78 is 61.6. The van der Waals surface area contributed by atoms with Crippen LogP contribution in [0.5, 0.6) is 5.75 Å². The molecule has 12 heteroatoms. The Labute approximate surface area is 208 Å². The molecule has 1 aliphatic rings. The highest BCUT2D eigenvalue weighted by Crippen LogP contribution is 2.35. The van der Waals surface area contributed by atoms with Gasteiger partial charge in [0, 0.05) is 36.8 Å². The van der Waals surface area contributed by atoms with E-state index >= 15 is 0 Å². The summed E-state index contributed by atoms with van der Waals surface area (Å²) in [5.41, 5.74) is 5.97. The fraction of sp³-hybridized carbons (Fsp3) is 0.280. The molecule has 0 saturated carbocycles. The van der Waals surface area contributed by atoms with Gasteiger partial charge in [-0.25, -0.2) is 18.9 Å². The van der Waals surface area contributed by atoms with Gasteiger partial charge in [-0.05, 0) is 49.2 Å². The molecule has 0 bridgehead atoms. The van der Waals surface area contributed by atoms with Gasteiger partial charge in [0.2, 0.25) is 5.91 Å². The lowest BCUT2D eigenvalue weighted by Gasteiger charge is -2.15. The SMILES string of the molecule is Nc1ncc(-c2cnc3ccc(-c4ccc(OCCCN5CCCC5=O)c(F)c4)nn23)cc1C(F)(F)F. The van der Waals surface area contributed by atoms with Crippen LogP contribution in [0.15, 0.2) is 48.8 Å². The highest BCUT2D eigenvalue weighted by molar-refractivity contribution is 5.78. The third kappa shape index (κ3) is 5.04. The van der Waals surface area contributed by atoms with Crippen LogP contribution < -0.4 is 10.5 Å². The maximum absolute atomic E-state index is 14.8. The number of imidazole rings is 1. The number of halogens is 4. The van der Waals surface area contributed by atoms with Crippen LogP contribution in [0.2, 0.25) is 0 Å². The maximum atomic E-state index is 14.8. The molecule has 4 heterocycles. The molecule has 2 N–H and O–H groups in total. The second-order valence-electron chi connectivity index (χ2n) is 8.62. The Kier molecular flexibility index (Phi) is 6.40. The number of rotatable bonds is 7. The van der Waals surface area contributed by atoms with Crippen LogP contribution in [-0.4, -0.2) is 50.1 Å². The average Bonchev–Trinajstić information content (AvgIpc) is 3.47. The average molecular weight is 514 g/mol. The first kappa shape index (κ1) is 24.5. The highest BCUT2D eigenvalue weighted by atomic mass is 19.4. The van der Waals surface area contributed by atoms with Crippen molar-refractivity contribution >= 4 is 17.4 Å². The summed E-state index contributed by atoms with van der Waals surface area (Å²) in [5, 5.41) is 4.46. The standard InChI is InChI=1S/C25H22F4N6O2/c26-18-12-15(4-6-21(18)37-10-2-9-34-8-1-3-23(34)36)19-5-7-22-31-14-20(35(22)33-19)16-11-17(25(27,28)29)24(30)32-13-16/h4-7,11-14H,1-3,8-10H2,(H2,30,32). The monoisotopic (exact) mass is 514 g/mol. The minimum Gasteiger partial charge on any atom is -0.490 e. The molecule has 1 fully saturated rings. The van der Waals surface area contributed by atoms with Gasteiger partial charge in [-0.1, -0.05) is 0 Å². The van der Waals surface area contributed by atoms with Crippen molar-refractivity contribution in [2.45, 2.75) is 25.4 Å². The minimum atomic E-state index is -4.67. The molecule has 1 aliphatic heterocycles. The Morgan fingerprint density at radius 2 is 1.89 bits per heavy atom. The molecule has 1 saturated heterocycles. The zero-order valence-corrected chi connectivity index (χ0v) is 19.5. The summed E-state index contributed by atoms with van der Waals surface area (Å²) in [6.07, 6.45) is -0.0469. The summed E-state index contributed by atoms with van der Waals surface area (Å²) in [6.45, 7) is 1.58. The highest BCUT2D eigenvalue weighted by Gasteiger charge is 2.34. The normalized spacial score (nSPS) is 14.1. The van der Waals surface area contributed by atoms with Crippen molar-refractivity contribution in [3.63, 3.8) is 0 Å². The lowest BCUT2D eigenvalue weighted by atomic mass is 10.1. The van der Waals surface area contributed by atoms with Gasteiger partial charge < -0.3 is 15.4 Å². The number of nitrogens with two attached hydrogens (primary N) is 1. The van der Waals surface area contributed by atoms with Gasteiger partial charge in [0.25, 0.3) is 0 Å². The van der Waals surface area contributed by atoms with Crippen LogP contribution in [-0.2, 0) is 11.0 Å². The molecule has 0 aliphatic carbocycles. The first-order valence-corrected chi connectivity index (χ1v) is 11.6. The molecule has 192 valence electrons. The first-order valence-electron chi connectivity index (χ1n) is 11.6. The number of pyridine rings is 1. The number of nitrogens with zero attached hydrogens (tertiary/aromatic N) is 5. The van der Waals surface area contributed by atoms with E-state index in [0.29, 0.717) is 36.3 Å². The van der Waals surface area contributed by atoms with Gasteiger partial charge in [0.05, 0.1) is 29.8 Å². The van der Waals surface area contributed by atoms with Gasteiger partial charge >= 0.3 is 6.18 Å². The number of likely N-dealkylation sites (tertiary alicyclic amines) is 1. The Bertz CT molecular complexity index is 1470. The fourth-order valence-electron chi connectivity index (χ4n) is 4.22. The number of benzene rings is 1. The molecule has 1 aromatic carbocycles. The van der Waals surface area contributed by atoms with E-state index in [1.54, 1.807) is 23.1 Å². The van der Waals surface area contributed by atoms with E-state index in [1.807, 2.05) is 0 Å². The molecule has 0 spiro atoms. The second kappa shape index (κ2) is 9.68. The van der Waals surface area contributed by atoms with E-state index in [2.05, 4.69) is 15.1 Å². The van der Waals surface area contributed by atoms with Crippen LogP contribution in [0.25, 0.3) is 28.2 Å². The van der Waals surface area contributed by atoms with Gasteiger partial charge in [-0.2, -0.15) is 18.3 Å². The molecular weight excluding hydrogens is 492 g/mol. The number of anilines is 1. The minimum absolute atomic E-state index is 0.0773. The van der Waals surface area contributed by atoms with E-state index in [0.717, 1.165) is 19.0 Å². The van der Waals surface area contributed by atoms with Crippen molar-refractivity contribution in [3.05, 3.63) is 60.2 Å². The van der Waals surface area contributed by atoms with Gasteiger partial charge in [0.15, 0.2) is 17.2 Å². The van der Waals surface area contributed by atoms with Crippen molar-refractivity contribution in [1.82, 2.24) is 24.5 Å². The quantitative estimate of drug-likeness (QED) is 0.286. The number of amides is 1. The lowest BCUT2D eigenvalue weighted by molar-refractivity contribution is -0.137. The van der Waals surface area contributed by atoms with Gasteiger partial charge in [0.1, 0.15) is 5.82 Å². The number of hydrogen-bond donors (Lipinski definition) is 1. The maximum Gasteiger partial charge on any atom is 0.419 e. The molecule has 1 amide bonds. The van der Waals surface area contributed by atoms with Crippen LogP contribution in [0.4, 0.5) is 23.4 Å². The molecule has 4 aromatic rings. The van der Waals surface area contributed by atoms with E-state index < -0.39 is 23.4 Å². The number of carbonyl (C=O) groups excluding carboxylic acids is 1. The summed E-state index contributed by atoms with van der Waals surface area (Å²) in [7, 11) is 0. The van der Waals surface area contributed by atoms with Gasteiger partial charge in [-0.3, -0.25) is 4.79 Å². The van der Waals surface area contributed by atoms with E-state index in [9.17, 15) is 22.4 Å². The van der Waals surface area contributed by atoms with Crippen molar-refractivity contribution < 1.29 is 27.1 Å². The number of nitrogen functional groups attached to an aromatic ring is 1. The number of ether oxygens (including phenoxy) is 1. The summed E-state index contributed by atoms with van der Waals surface area (Å²) in [4.78, 5) is 21.3. The Morgan fingerprint density at radius 3 is 2.62 bits per heavy atom. The van der Waals surface area contributed by atoms with Crippen LogP contribution >= 0.6 is 0 Å². The molecule has 37 heavy (non-hydrogen) atoms. The number of fused-ring (bicyclic) bond motifs is 1. The number of aromatic nitrogens is 4. The van der Waals surface area contributed by atoms with Crippen molar-refractivity contribution in [1.29, 1.82) is 0 Å². The molecule has 3 aromatic heterocycles. The Balaban J connectivity index is 1.35. The fourth-order valence-corrected chi connectivity index (χ4v) is 4.22. The molecule has 8 nitrogen and oxygen atoms in total. The summed E-state index contributed by atoms with van der Waals surface area (Å²) >= 11 is 0. The van der Waals surface area contributed by atoms with Crippen LogP contribution in [0.1, 0.15) is 24.8 Å². The van der Waals surface area contributed by atoms with E-state index in [1.165, 1.54) is 29.0 Å². The molecule has 0 radical (unpaired) electrons. The predicted octanol–water partition coefficient (Wildman–Crippen LogP) is 4.59. The number of carbonyl (C=O) groups is 1. The van der Waals surface area contributed by atoms with Crippen LogP contribution in [0.3, 0.4) is 0 Å².